The van der Waals surface area contributed by atoms with Crippen LogP contribution in [0.3, 0.4) is 0 Å². The van der Waals surface area contributed by atoms with E-state index in [0.29, 0.717) is 13.0 Å². The summed E-state index contributed by atoms with van der Waals surface area (Å²) in [7, 11) is 0. The van der Waals surface area contributed by atoms with Crippen LogP contribution in [0, 0.1) is 5.41 Å². The van der Waals surface area contributed by atoms with Gasteiger partial charge in [-0.2, -0.15) is 13.2 Å². The highest BCUT2D eigenvalue weighted by molar-refractivity contribution is 5.84. The summed E-state index contributed by atoms with van der Waals surface area (Å²) in [4.78, 5) is 14.0. The molecule has 1 fully saturated rings. The normalized spacial score (nSPS) is 24.7. The summed E-state index contributed by atoms with van der Waals surface area (Å²) in [5, 5.41) is 2.70. The maximum absolute atomic E-state index is 13.4. The smallest absolute Gasteiger partial charge is 0.339 e. The van der Waals surface area contributed by atoms with Crippen molar-refractivity contribution in [2.45, 2.75) is 58.7 Å². The first-order chi connectivity index (χ1) is 9.30. The van der Waals surface area contributed by atoms with Crippen LogP contribution in [0.1, 0.15) is 46.5 Å². The van der Waals surface area contributed by atoms with Gasteiger partial charge in [0.15, 0.2) is 5.41 Å². The summed E-state index contributed by atoms with van der Waals surface area (Å²) in [6.07, 6.45) is -2.40. The Morgan fingerprint density at radius 2 is 2.05 bits per heavy atom. The van der Waals surface area contributed by atoms with Crippen molar-refractivity contribution in [3.8, 4) is 0 Å². The van der Waals surface area contributed by atoms with Gasteiger partial charge in [-0.15, -0.1) is 0 Å². The van der Waals surface area contributed by atoms with Gasteiger partial charge in [-0.25, -0.2) is 0 Å². The highest BCUT2D eigenvalue weighted by Crippen LogP contribution is 2.44. The van der Waals surface area contributed by atoms with Crippen LogP contribution in [0.2, 0.25) is 0 Å². The number of alkyl halides is 3. The number of unbranched alkanes of at least 4 members (excludes halogenated alkanes) is 1. The number of hydrogen-bond acceptors (Lipinski definition) is 2. The van der Waals surface area contributed by atoms with Crippen molar-refractivity contribution in [2.75, 3.05) is 19.6 Å². The van der Waals surface area contributed by atoms with E-state index < -0.39 is 17.5 Å². The van der Waals surface area contributed by atoms with Gasteiger partial charge >= 0.3 is 6.18 Å². The lowest BCUT2D eigenvalue weighted by atomic mass is 9.84. The second-order valence-electron chi connectivity index (χ2n) is 5.62. The second kappa shape index (κ2) is 6.78. The third-order valence-electron chi connectivity index (χ3n) is 4.24. The molecular formula is C14H25F3N2O. The molecule has 0 aliphatic carbocycles. The minimum absolute atomic E-state index is 0.158. The third kappa shape index (κ3) is 3.27. The number of hydrogen-bond donors (Lipinski definition) is 1. The molecule has 1 aliphatic heterocycles. The average molecular weight is 294 g/mol. The Morgan fingerprint density at radius 1 is 1.40 bits per heavy atom. The Morgan fingerprint density at radius 3 is 2.45 bits per heavy atom. The zero-order chi connectivity index (χ0) is 15.4. The fraction of sp³-hybridized carbons (Fsp3) is 0.929. The van der Waals surface area contributed by atoms with E-state index in [1.165, 1.54) is 4.90 Å². The molecule has 0 spiro atoms. The number of amides is 1. The molecule has 1 heterocycles. The lowest BCUT2D eigenvalue weighted by Crippen LogP contribution is -2.55. The largest absolute Gasteiger partial charge is 0.404 e. The number of nitrogens with zero attached hydrogens (tertiary/aromatic N) is 1. The molecule has 1 amide bonds. The van der Waals surface area contributed by atoms with Gasteiger partial charge in [0.2, 0.25) is 5.91 Å². The van der Waals surface area contributed by atoms with E-state index in [4.69, 9.17) is 0 Å². The highest BCUT2D eigenvalue weighted by atomic mass is 19.4. The van der Waals surface area contributed by atoms with Crippen LogP contribution in [0.5, 0.6) is 0 Å². The van der Waals surface area contributed by atoms with E-state index in [1.54, 1.807) is 0 Å². The number of carbonyl (C=O) groups excluding carboxylic acids is 1. The summed E-state index contributed by atoms with van der Waals surface area (Å²) in [5.74, 6) is -0.752. The number of rotatable bonds is 6. The van der Waals surface area contributed by atoms with Gasteiger partial charge in [-0.1, -0.05) is 20.3 Å². The van der Waals surface area contributed by atoms with Crippen LogP contribution in [-0.4, -0.2) is 42.7 Å². The lowest BCUT2D eigenvalue weighted by Gasteiger charge is -2.38. The van der Waals surface area contributed by atoms with Gasteiger partial charge in [0.05, 0.1) is 0 Å². The van der Waals surface area contributed by atoms with Crippen molar-refractivity contribution >= 4 is 5.91 Å². The van der Waals surface area contributed by atoms with Crippen LogP contribution in [0.15, 0.2) is 0 Å². The minimum atomic E-state index is -4.49. The quantitative estimate of drug-likeness (QED) is 0.817. The zero-order valence-electron chi connectivity index (χ0n) is 12.5. The van der Waals surface area contributed by atoms with Crippen molar-refractivity contribution in [3.63, 3.8) is 0 Å². The molecule has 2 atom stereocenters. The van der Waals surface area contributed by atoms with Crippen LogP contribution < -0.4 is 5.32 Å². The molecule has 0 aromatic rings. The second-order valence-corrected chi connectivity index (χ2v) is 5.62. The van der Waals surface area contributed by atoms with E-state index in [0.717, 1.165) is 12.8 Å². The molecule has 0 aromatic carbocycles. The molecule has 1 N–H and O–H groups in total. The van der Waals surface area contributed by atoms with Crippen LogP contribution in [0.25, 0.3) is 0 Å². The van der Waals surface area contributed by atoms with E-state index in [1.807, 2.05) is 20.8 Å². The fourth-order valence-corrected chi connectivity index (χ4v) is 2.58. The lowest BCUT2D eigenvalue weighted by molar-refractivity contribution is -0.222. The maximum atomic E-state index is 13.4. The summed E-state index contributed by atoms with van der Waals surface area (Å²) in [5.41, 5.74) is -2.23. The van der Waals surface area contributed by atoms with Crippen LogP contribution >= 0.6 is 0 Å². The van der Waals surface area contributed by atoms with Gasteiger partial charge < -0.3 is 10.2 Å². The summed E-state index contributed by atoms with van der Waals surface area (Å²) in [6.45, 7) is 6.03. The maximum Gasteiger partial charge on any atom is 0.404 e. The Labute approximate surface area is 118 Å². The molecule has 1 rings (SSSR count). The van der Waals surface area contributed by atoms with Gasteiger partial charge in [0.25, 0.3) is 0 Å². The zero-order valence-corrected chi connectivity index (χ0v) is 12.5. The Bertz CT molecular complexity index is 325. The third-order valence-corrected chi connectivity index (χ3v) is 4.24. The van der Waals surface area contributed by atoms with Crippen LogP contribution in [0.4, 0.5) is 13.2 Å². The van der Waals surface area contributed by atoms with Crippen molar-refractivity contribution in [3.05, 3.63) is 0 Å². The first kappa shape index (κ1) is 17.3. The van der Waals surface area contributed by atoms with E-state index in [2.05, 4.69) is 5.32 Å². The molecule has 0 saturated carbocycles. The van der Waals surface area contributed by atoms with Crippen molar-refractivity contribution in [1.82, 2.24) is 10.2 Å². The molecule has 118 valence electrons. The topological polar surface area (TPSA) is 32.3 Å². The number of halogens is 3. The van der Waals surface area contributed by atoms with Crippen molar-refractivity contribution in [2.24, 2.45) is 5.41 Å². The molecule has 0 aromatic heterocycles. The highest BCUT2D eigenvalue weighted by Gasteiger charge is 2.62. The van der Waals surface area contributed by atoms with E-state index in [9.17, 15) is 18.0 Å². The van der Waals surface area contributed by atoms with E-state index in [-0.39, 0.29) is 25.6 Å². The fourth-order valence-electron chi connectivity index (χ4n) is 2.58. The Kier molecular flexibility index (Phi) is 5.86. The predicted molar refractivity (Wildman–Crippen MR) is 72.3 cm³/mol. The molecule has 20 heavy (non-hydrogen) atoms. The number of carbonyl (C=O) groups is 1. The van der Waals surface area contributed by atoms with Gasteiger partial charge in [0.1, 0.15) is 0 Å². The molecule has 2 unspecified atom stereocenters. The molecule has 3 nitrogen and oxygen atoms in total. The molecule has 0 radical (unpaired) electrons. The summed E-state index contributed by atoms with van der Waals surface area (Å²) >= 11 is 0. The van der Waals surface area contributed by atoms with Gasteiger partial charge in [-0.3, -0.25) is 4.79 Å². The van der Waals surface area contributed by atoms with Crippen LogP contribution in [-0.2, 0) is 4.79 Å². The summed E-state index contributed by atoms with van der Waals surface area (Å²) in [6, 6.07) is -0.158. The summed E-state index contributed by atoms with van der Waals surface area (Å²) < 4.78 is 40.3. The van der Waals surface area contributed by atoms with E-state index >= 15 is 0 Å². The molecular weight excluding hydrogens is 269 g/mol. The number of nitrogens with one attached hydrogen (secondary N) is 1. The molecule has 1 saturated heterocycles. The van der Waals surface area contributed by atoms with Crippen molar-refractivity contribution in [1.29, 1.82) is 0 Å². The first-order valence-corrected chi connectivity index (χ1v) is 7.38. The predicted octanol–water partition coefficient (Wildman–Crippen LogP) is 2.96. The standard InChI is InChI=1S/C14H25F3N2O/c1-4-6-9-19(11(3)5-2)12(20)13(14(15,16)17)7-8-18-10-13/h11,18H,4-10H2,1-3H3. The molecule has 0 bridgehead atoms. The minimum Gasteiger partial charge on any atom is -0.339 e. The molecule has 6 heteroatoms. The Hall–Kier alpha value is -0.780. The Balaban J connectivity index is 3.01. The van der Waals surface area contributed by atoms with Gasteiger partial charge in [-0.05, 0) is 32.7 Å². The average Bonchev–Trinajstić information content (AvgIpc) is 2.88. The monoisotopic (exact) mass is 294 g/mol. The van der Waals surface area contributed by atoms with Gasteiger partial charge in [0, 0.05) is 19.1 Å². The SMILES string of the molecule is CCCCN(C(=O)C1(C(F)(F)F)CCNC1)C(C)CC. The first-order valence-electron chi connectivity index (χ1n) is 7.38. The van der Waals surface area contributed by atoms with Crippen molar-refractivity contribution < 1.29 is 18.0 Å². The molecule has 1 aliphatic rings.